The van der Waals surface area contributed by atoms with Gasteiger partial charge in [0.2, 0.25) is 0 Å². The lowest BCUT2D eigenvalue weighted by atomic mass is 10.1. The molecule has 0 radical (unpaired) electrons. The summed E-state index contributed by atoms with van der Waals surface area (Å²) in [7, 11) is 0. The summed E-state index contributed by atoms with van der Waals surface area (Å²) in [5.74, 6) is -3.88. The molecule has 0 aliphatic heterocycles. The standard InChI is InChI=1S/C14H12F3N/c1-2-9-3-5-10(6-4-9)18-12-8-7-11(15)13(16)14(12)17/h3-8,18H,2H2,1H3. The Balaban J connectivity index is 2.25. The maximum atomic E-state index is 13.4. The van der Waals surface area contributed by atoms with Gasteiger partial charge in [-0.1, -0.05) is 19.1 Å². The number of hydrogen-bond donors (Lipinski definition) is 1. The molecule has 94 valence electrons. The van der Waals surface area contributed by atoms with Gasteiger partial charge in [0.15, 0.2) is 17.5 Å². The van der Waals surface area contributed by atoms with Crippen LogP contribution in [0.2, 0.25) is 0 Å². The summed E-state index contributed by atoms with van der Waals surface area (Å²) in [6.07, 6.45) is 0.903. The molecule has 0 aromatic heterocycles. The number of halogens is 3. The van der Waals surface area contributed by atoms with Gasteiger partial charge in [-0.2, -0.15) is 0 Å². The van der Waals surface area contributed by atoms with E-state index in [1.807, 2.05) is 19.1 Å². The van der Waals surface area contributed by atoms with Gasteiger partial charge in [0, 0.05) is 5.69 Å². The topological polar surface area (TPSA) is 12.0 Å². The van der Waals surface area contributed by atoms with Crippen LogP contribution < -0.4 is 5.32 Å². The van der Waals surface area contributed by atoms with E-state index in [0.29, 0.717) is 5.69 Å². The molecule has 18 heavy (non-hydrogen) atoms. The zero-order valence-electron chi connectivity index (χ0n) is 9.81. The molecule has 0 spiro atoms. The molecule has 0 saturated heterocycles. The van der Waals surface area contributed by atoms with Gasteiger partial charge in [-0.25, -0.2) is 13.2 Å². The van der Waals surface area contributed by atoms with Crippen molar-refractivity contribution in [2.24, 2.45) is 0 Å². The third kappa shape index (κ3) is 2.47. The van der Waals surface area contributed by atoms with Crippen LogP contribution in [-0.2, 0) is 6.42 Å². The summed E-state index contributed by atoms with van der Waals surface area (Å²) in [5.41, 5.74) is 1.68. The van der Waals surface area contributed by atoms with Gasteiger partial charge in [-0.05, 0) is 36.2 Å². The molecule has 1 N–H and O–H groups in total. The lowest BCUT2D eigenvalue weighted by molar-refractivity contribution is 0.449. The predicted molar refractivity (Wildman–Crippen MR) is 65.4 cm³/mol. The molecule has 0 bridgehead atoms. The molecule has 0 atom stereocenters. The van der Waals surface area contributed by atoms with E-state index in [2.05, 4.69) is 5.32 Å². The van der Waals surface area contributed by atoms with Crippen LogP contribution in [0, 0.1) is 17.5 Å². The largest absolute Gasteiger partial charge is 0.353 e. The SMILES string of the molecule is CCc1ccc(Nc2ccc(F)c(F)c2F)cc1. The van der Waals surface area contributed by atoms with Crippen LogP contribution in [0.25, 0.3) is 0 Å². The predicted octanol–water partition coefficient (Wildman–Crippen LogP) is 4.41. The second kappa shape index (κ2) is 5.12. The molecule has 2 rings (SSSR count). The van der Waals surface area contributed by atoms with Crippen LogP contribution in [0.5, 0.6) is 0 Å². The fourth-order valence-corrected chi connectivity index (χ4v) is 1.60. The first-order chi connectivity index (χ1) is 8.61. The Morgan fingerprint density at radius 3 is 2.17 bits per heavy atom. The van der Waals surface area contributed by atoms with Crippen molar-refractivity contribution in [3.05, 3.63) is 59.4 Å². The molecule has 0 saturated carbocycles. The smallest absolute Gasteiger partial charge is 0.196 e. The Labute approximate surface area is 103 Å². The number of nitrogens with one attached hydrogen (secondary N) is 1. The van der Waals surface area contributed by atoms with Gasteiger partial charge in [-0.15, -0.1) is 0 Å². The van der Waals surface area contributed by atoms with E-state index in [4.69, 9.17) is 0 Å². The molecular formula is C14H12F3N. The van der Waals surface area contributed by atoms with Crippen molar-refractivity contribution in [1.82, 2.24) is 0 Å². The second-order valence-corrected chi connectivity index (χ2v) is 3.90. The summed E-state index contributed by atoms with van der Waals surface area (Å²) < 4.78 is 39.2. The average molecular weight is 251 g/mol. The van der Waals surface area contributed by atoms with Gasteiger partial charge < -0.3 is 5.32 Å². The van der Waals surface area contributed by atoms with Gasteiger partial charge in [0.25, 0.3) is 0 Å². The first kappa shape index (κ1) is 12.5. The fourth-order valence-electron chi connectivity index (χ4n) is 1.60. The third-order valence-electron chi connectivity index (χ3n) is 2.68. The first-order valence-electron chi connectivity index (χ1n) is 5.61. The van der Waals surface area contributed by atoms with Gasteiger partial charge in [0.1, 0.15) is 0 Å². The first-order valence-corrected chi connectivity index (χ1v) is 5.61. The highest BCUT2D eigenvalue weighted by molar-refractivity contribution is 5.60. The van der Waals surface area contributed by atoms with Gasteiger partial charge >= 0.3 is 0 Å². The molecule has 0 aliphatic carbocycles. The molecular weight excluding hydrogens is 239 g/mol. The van der Waals surface area contributed by atoms with Crippen molar-refractivity contribution in [3.8, 4) is 0 Å². The normalized spacial score (nSPS) is 10.4. The summed E-state index contributed by atoms with van der Waals surface area (Å²) >= 11 is 0. The number of anilines is 2. The van der Waals surface area contributed by atoms with Crippen molar-refractivity contribution in [3.63, 3.8) is 0 Å². The van der Waals surface area contributed by atoms with E-state index < -0.39 is 17.5 Å². The number of aryl methyl sites for hydroxylation is 1. The third-order valence-corrected chi connectivity index (χ3v) is 2.68. The van der Waals surface area contributed by atoms with Crippen molar-refractivity contribution in [2.45, 2.75) is 13.3 Å². The van der Waals surface area contributed by atoms with E-state index in [1.165, 1.54) is 6.07 Å². The number of rotatable bonds is 3. The molecule has 1 nitrogen and oxygen atoms in total. The summed E-state index contributed by atoms with van der Waals surface area (Å²) in [4.78, 5) is 0. The molecule has 2 aromatic carbocycles. The van der Waals surface area contributed by atoms with Crippen molar-refractivity contribution in [1.29, 1.82) is 0 Å². The summed E-state index contributed by atoms with van der Waals surface area (Å²) in [6.45, 7) is 2.03. The molecule has 0 fully saturated rings. The van der Waals surface area contributed by atoms with Crippen molar-refractivity contribution < 1.29 is 13.2 Å². The van der Waals surface area contributed by atoms with E-state index in [1.54, 1.807) is 12.1 Å². The highest BCUT2D eigenvalue weighted by atomic mass is 19.2. The minimum Gasteiger partial charge on any atom is -0.353 e. The minimum atomic E-state index is -1.47. The van der Waals surface area contributed by atoms with E-state index in [9.17, 15) is 13.2 Å². The van der Waals surface area contributed by atoms with Crippen LogP contribution in [0.15, 0.2) is 36.4 Å². The Bertz CT molecular complexity index is 550. The van der Waals surface area contributed by atoms with Crippen LogP contribution in [-0.4, -0.2) is 0 Å². The lowest BCUT2D eigenvalue weighted by Crippen LogP contribution is -1.98. The average Bonchev–Trinajstić information content (AvgIpc) is 2.40. The molecule has 2 aromatic rings. The zero-order chi connectivity index (χ0) is 13.1. The monoisotopic (exact) mass is 251 g/mol. The molecule has 0 heterocycles. The van der Waals surface area contributed by atoms with E-state index in [0.717, 1.165) is 18.1 Å². The van der Waals surface area contributed by atoms with Crippen molar-refractivity contribution in [2.75, 3.05) is 5.32 Å². The Morgan fingerprint density at radius 2 is 1.56 bits per heavy atom. The number of hydrogen-bond acceptors (Lipinski definition) is 1. The Hall–Kier alpha value is -1.97. The van der Waals surface area contributed by atoms with Crippen LogP contribution >= 0.6 is 0 Å². The maximum Gasteiger partial charge on any atom is 0.196 e. The Kier molecular flexibility index (Phi) is 3.55. The van der Waals surface area contributed by atoms with Gasteiger partial charge in [0.05, 0.1) is 5.69 Å². The second-order valence-electron chi connectivity index (χ2n) is 3.90. The molecule has 4 heteroatoms. The quantitative estimate of drug-likeness (QED) is 0.797. The molecule has 0 amide bonds. The van der Waals surface area contributed by atoms with Gasteiger partial charge in [-0.3, -0.25) is 0 Å². The van der Waals surface area contributed by atoms with E-state index >= 15 is 0 Å². The highest BCUT2D eigenvalue weighted by Crippen LogP contribution is 2.23. The van der Waals surface area contributed by atoms with Crippen LogP contribution in [0.4, 0.5) is 24.5 Å². The zero-order valence-corrected chi connectivity index (χ0v) is 9.81. The van der Waals surface area contributed by atoms with E-state index in [-0.39, 0.29) is 5.69 Å². The molecule has 0 aliphatic rings. The summed E-state index contributed by atoms with van der Waals surface area (Å²) in [5, 5.41) is 2.71. The maximum absolute atomic E-state index is 13.4. The van der Waals surface area contributed by atoms with Crippen molar-refractivity contribution >= 4 is 11.4 Å². The highest BCUT2D eigenvalue weighted by Gasteiger charge is 2.13. The summed E-state index contributed by atoms with van der Waals surface area (Å²) in [6, 6.07) is 9.36. The lowest BCUT2D eigenvalue weighted by Gasteiger charge is -2.09. The number of benzene rings is 2. The minimum absolute atomic E-state index is 0.0850. The van der Waals surface area contributed by atoms with Crippen LogP contribution in [0.3, 0.4) is 0 Å². The fraction of sp³-hybridized carbons (Fsp3) is 0.143. The molecule has 0 unspecified atom stereocenters. The van der Waals surface area contributed by atoms with Crippen LogP contribution in [0.1, 0.15) is 12.5 Å². The Morgan fingerprint density at radius 1 is 0.889 bits per heavy atom.